The minimum Gasteiger partial charge on any atom is -0.493 e. The fourth-order valence-electron chi connectivity index (χ4n) is 4.29. The second-order valence-electron chi connectivity index (χ2n) is 9.01. The van der Waals surface area contributed by atoms with Crippen LogP contribution in [-0.2, 0) is 17.7 Å². The molecule has 0 unspecified atom stereocenters. The topological polar surface area (TPSA) is 145 Å². The first kappa shape index (κ1) is 29.7. The molecular weight excluding hydrogens is 555 g/mol. The summed E-state index contributed by atoms with van der Waals surface area (Å²) in [7, 11) is 2.91. The van der Waals surface area contributed by atoms with E-state index in [0.717, 1.165) is 16.3 Å². The lowest BCUT2D eigenvalue weighted by molar-refractivity contribution is -0.140. The Balaban J connectivity index is 1.81. The van der Waals surface area contributed by atoms with Gasteiger partial charge in [0, 0.05) is 35.3 Å². The Labute approximate surface area is 238 Å². The molecule has 218 valence electrons. The first-order chi connectivity index (χ1) is 19.9. The molecule has 0 amide bonds. The Bertz CT molecular complexity index is 1790. The molecule has 4 N–H and O–H groups in total. The Kier molecular flexibility index (Phi) is 8.56. The number of fused-ring (bicyclic) bond motifs is 1. The fraction of sp³-hybridized carbons (Fsp3) is 0.241. The number of anilines is 2. The van der Waals surface area contributed by atoms with Crippen molar-refractivity contribution in [3.63, 3.8) is 0 Å². The molecular formula is C29H26F3N5O5. The number of aromatic nitrogens is 3. The summed E-state index contributed by atoms with van der Waals surface area (Å²) in [6.07, 6.45) is -1.93. The zero-order valence-corrected chi connectivity index (χ0v) is 22.8. The Hall–Kier alpha value is -5.25. The molecule has 0 saturated heterocycles. The van der Waals surface area contributed by atoms with Crippen molar-refractivity contribution >= 4 is 28.6 Å². The van der Waals surface area contributed by atoms with Crippen LogP contribution in [-0.4, -0.2) is 47.5 Å². The number of hydrogen-bond acceptors (Lipinski definition) is 9. The van der Waals surface area contributed by atoms with Gasteiger partial charge in [0.05, 0.1) is 31.9 Å². The van der Waals surface area contributed by atoms with Crippen LogP contribution in [0, 0.1) is 11.8 Å². The van der Waals surface area contributed by atoms with E-state index in [0.29, 0.717) is 34.6 Å². The summed E-state index contributed by atoms with van der Waals surface area (Å²) < 4.78 is 56.9. The van der Waals surface area contributed by atoms with Gasteiger partial charge in [0.25, 0.3) is 0 Å². The van der Waals surface area contributed by atoms with Gasteiger partial charge in [-0.3, -0.25) is 4.79 Å². The molecule has 0 fully saturated rings. The van der Waals surface area contributed by atoms with E-state index in [1.807, 2.05) is 0 Å². The first-order valence-electron chi connectivity index (χ1n) is 12.5. The first-order valence-corrected chi connectivity index (χ1v) is 12.5. The van der Waals surface area contributed by atoms with Crippen LogP contribution in [0.5, 0.6) is 11.5 Å². The van der Waals surface area contributed by atoms with E-state index >= 15 is 0 Å². The van der Waals surface area contributed by atoms with Crippen LogP contribution in [0.25, 0.3) is 10.9 Å². The standard InChI is InChI=1S/C29H26F3N5O5/c1-4-42-27(39)21-14-37(15-29(30,31)32)22-11-16(6-8-20(22)24(21)38)5-7-18-9-17(12-23(40-2)25(18)41-3)10-19-13-35-28(34)36-26(19)33/h6,8-9,11-14H,4,10,15H2,1-3H3,(H4,33,34,35,36). The van der Waals surface area contributed by atoms with Gasteiger partial charge in [-0.2, -0.15) is 18.2 Å². The summed E-state index contributed by atoms with van der Waals surface area (Å²) in [5.74, 6) is 5.88. The number of alkyl halides is 3. The van der Waals surface area contributed by atoms with Crippen molar-refractivity contribution < 1.29 is 32.2 Å². The maximum Gasteiger partial charge on any atom is 0.406 e. The normalized spacial score (nSPS) is 11.1. The van der Waals surface area contributed by atoms with Crippen LogP contribution in [0.1, 0.15) is 39.5 Å². The number of ether oxygens (including phenoxy) is 3. The van der Waals surface area contributed by atoms with E-state index in [2.05, 4.69) is 21.8 Å². The molecule has 13 heteroatoms. The third kappa shape index (κ3) is 6.55. The lowest BCUT2D eigenvalue weighted by atomic mass is 10.0. The minimum atomic E-state index is -4.63. The average Bonchev–Trinajstić information content (AvgIpc) is 2.93. The summed E-state index contributed by atoms with van der Waals surface area (Å²) in [5, 5.41) is -0.0834. The number of pyridine rings is 1. The number of nitrogen functional groups attached to an aromatic ring is 2. The summed E-state index contributed by atoms with van der Waals surface area (Å²) in [6, 6.07) is 7.65. The highest BCUT2D eigenvalue weighted by atomic mass is 19.4. The van der Waals surface area contributed by atoms with Gasteiger partial charge < -0.3 is 30.2 Å². The number of hydrogen-bond donors (Lipinski definition) is 2. The summed E-state index contributed by atoms with van der Waals surface area (Å²) >= 11 is 0. The van der Waals surface area contributed by atoms with E-state index in [-0.39, 0.29) is 29.3 Å². The molecule has 10 nitrogen and oxygen atoms in total. The summed E-state index contributed by atoms with van der Waals surface area (Å²) in [6.45, 7) is 0.0546. The maximum atomic E-state index is 13.4. The van der Waals surface area contributed by atoms with E-state index in [1.54, 1.807) is 12.1 Å². The predicted molar refractivity (Wildman–Crippen MR) is 149 cm³/mol. The Morgan fingerprint density at radius 1 is 1.10 bits per heavy atom. The predicted octanol–water partition coefficient (Wildman–Crippen LogP) is 3.70. The molecule has 2 heterocycles. The van der Waals surface area contributed by atoms with Gasteiger partial charge in [-0.05, 0) is 42.8 Å². The van der Waals surface area contributed by atoms with E-state index in [1.165, 1.54) is 45.5 Å². The maximum absolute atomic E-state index is 13.4. The lowest BCUT2D eigenvalue weighted by Crippen LogP contribution is -2.24. The highest BCUT2D eigenvalue weighted by Crippen LogP contribution is 2.33. The van der Waals surface area contributed by atoms with Crippen molar-refractivity contribution in [1.29, 1.82) is 0 Å². The molecule has 2 aromatic carbocycles. The van der Waals surface area contributed by atoms with Crippen LogP contribution in [0.3, 0.4) is 0 Å². The van der Waals surface area contributed by atoms with E-state index in [9.17, 15) is 22.8 Å². The number of nitrogens with two attached hydrogens (primary N) is 2. The largest absolute Gasteiger partial charge is 0.493 e. The van der Waals surface area contributed by atoms with Crippen LogP contribution in [0.2, 0.25) is 0 Å². The SMILES string of the molecule is CCOC(=O)c1cn(CC(F)(F)F)c2cc(C#Cc3cc(Cc4cnc(N)nc4N)cc(OC)c3OC)ccc2c1=O. The quantitative estimate of drug-likeness (QED) is 0.247. The van der Waals surface area contributed by atoms with Crippen LogP contribution >= 0.6 is 0 Å². The second-order valence-corrected chi connectivity index (χ2v) is 9.01. The van der Waals surface area contributed by atoms with Crippen molar-refractivity contribution in [2.45, 2.75) is 26.1 Å². The Morgan fingerprint density at radius 3 is 2.50 bits per heavy atom. The van der Waals surface area contributed by atoms with Crippen LogP contribution in [0.15, 0.2) is 47.5 Å². The molecule has 0 bridgehead atoms. The van der Waals surface area contributed by atoms with Gasteiger partial charge in [0.15, 0.2) is 11.5 Å². The van der Waals surface area contributed by atoms with Crippen molar-refractivity contribution in [1.82, 2.24) is 14.5 Å². The molecule has 0 aliphatic heterocycles. The number of nitrogens with zero attached hydrogens (tertiary/aromatic N) is 3. The number of carbonyl (C=O) groups excluding carboxylic acids is 1. The van der Waals surface area contributed by atoms with Gasteiger partial charge >= 0.3 is 12.1 Å². The number of halogens is 3. The number of carbonyl (C=O) groups is 1. The molecule has 4 aromatic rings. The fourth-order valence-corrected chi connectivity index (χ4v) is 4.29. The van der Waals surface area contributed by atoms with Crippen molar-refractivity contribution in [2.24, 2.45) is 0 Å². The minimum absolute atomic E-state index is 0.0410. The molecule has 0 aliphatic carbocycles. The molecule has 2 aromatic heterocycles. The zero-order chi connectivity index (χ0) is 30.6. The van der Waals surface area contributed by atoms with Crippen molar-refractivity contribution in [3.05, 3.63) is 80.8 Å². The lowest BCUT2D eigenvalue weighted by Gasteiger charge is -2.15. The summed E-state index contributed by atoms with van der Waals surface area (Å²) in [4.78, 5) is 33.2. The summed E-state index contributed by atoms with van der Waals surface area (Å²) in [5.41, 5.74) is 12.4. The number of esters is 1. The highest BCUT2D eigenvalue weighted by Gasteiger charge is 2.29. The van der Waals surface area contributed by atoms with E-state index in [4.69, 9.17) is 25.7 Å². The van der Waals surface area contributed by atoms with Gasteiger partial charge in [-0.1, -0.05) is 11.8 Å². The van der Waals surface area contributed by atoms with Gasteiger partial charge in [0.1, 0.15) is 17.9 Å². The molecule has 4 rings (SSSR count). The Morgan fingerprint density at radius 2 is 1.86 bits per heavy atom. The smallest absolute Gasteiger partial charge is 0.406 e. The van der Waals surface area contributed by atoms with E-state index < -0.39 is 29.7 Å². The molecule has 0 aliphatic rings. The monoisotopic (exact) mass is 581 g/mol. The second kappa shape index (κ2) is 12.1. The van der Waals surface area contributed by atoms with Crippen molar-refractivity contribution in [3.8, 4) is 23.3 Å². The average molecular weight is 582 g/mol. The molecule has 0 saturated carbocycles. The third-order valence-corrected chi connectivity index (χ3v) is 6.12. The van der Waals surface area contributed by atoms with Gasteiger partial charge in [0.2, 0.25) is 11.4 Å². The van der Waals surface area contributed by atoms with Gasteiger partial charge in [-0.15, -0.1) is 0 Å². The molecule has 42 heavy (non-hydrogen) atoms. The van der Waals surface area contributed by atoms with Crippen LogP contribution in [0.4, 0.5) is 24.9 Å². The highest BCUT2D eigenvalue weighted by molar-refractivity contribution is 5.94. The van der Waals surface area contributed by atoms with Crippen molar-refractivity contribution in [2.75, 3.05) is 32.3 Å². The molecule has 0 atom stereocenters. The molecule has 0 radical (unpaired) electrons. The zero-order valence-electron chi connectivity index (χ0n) is 22.8. The number of methoxy groups -OCH3 is 2. The molecule has 0 spiro atoms. The third-order valence-electron chi connectivity index (χ3n) is 6.12. The number of rotatable bonds is 7. The van der Waals surface area contributed by atoms with Gasteiger partial charge in [-0.25, -0.2) is 9.78 Å². The van der Waals surface area contributed by atoms with Crippen LogP contribution < -0.4 is 26.4 Å². The number of benzene rings is 2.